The molecule has 12 nitrogen and oxygen atoms in total. The van der Waals surface area contributed by atoms with E-state index in [1.807, 2.05) is 42.2 Å². The first-order valence-corrected chi connectivity index (χ1v) is 22.7. The number of hydrogen-bond donors (Lipinski definition) is 1. The number of carbonyl (C=O) groups excluding carboxylic acids is 1. The molecule has 0 radical (unpaired) electrons. The number of piperazine rings is 1. The Kier molecular flexibility index (Phi) is 10.6. The van der Waals surface area contributed by atoms with Crippen molar-refractivity contribution in [2.24, 2.45) is 10.9 Å². The number of carbonyl (C=O) groups is 1. The molecule has 3 fully saturated rings. The number of aryl methyl sites for hydroxylation is 2. The molecular weight excluding hydrogens is 816 g/mol. The maximum Gasteiger partial charge on any atom is 0.296 e. The van der Waals surface area contributed by atoms with E-state index in [0.717, 1.165) is 103 Å². The van der Waals surface area contributed by atoms with Crippen molar-refractivity contribution >= 4 is 63.0 Å². The molecule has 15 heteroatoms. The van der Waals surface area contributed by atoms with Gasteiger partial charge in [-0.05, 0) is 94.7 Å². The second-order valence-corrected chi connectivity index (χ2v) is 18.7. The number of H-pyrrole nitrogens is 1. The van der Waals surface area contributed by atoms with E-state index >= 15 is 0 Å². The number of aliphatic imine (C=N–C) groups is 1. The molecule has 1 amide bonds. The van der Waals surface area contributed by atoms with Crippen molar-refractivity contribution in [3.63, 3.8) is 0 Å². The lowest BCUT2D eigenvalue weighted by Gasteiger charge is -2.39. The van der Waals surface area contributed by atoms with Gasteiger partial charge in [-0.2, -0.15) is 4.98 Å². The quantitative estimate of drug-likeness (QED) is 0.153. The lowest BCUT2D eigenvalue weighted by Crippen LogP contribution is -2.50. The van der Waals surface area contributed by atoms with Crippen LogP contribution in [0.2, 0.25) is 10.0 Å². The standard InChI is InChI=1S/C45H48Cl2N10O2S/c1-26-27(2)60-44-39(26)41(31-7-11-32(46)12-8-31)48-37(43-53-52-28(3)57(43)44)24-38(58)56-21-19-54(20-22-56)25-29-15-17-55(18-16-29)33-13-9-30(10-14-33)40-35(47)23-36-42(50-40)51-45(49-36)59-34-5-4-6-34/h7-14,23,29,34,37H,4-6,15-22,24-25H2,1-3H3,(H,49,50,51)/t37-/m0/s1. The Morgan fingerprint density at radius 1 is 0.883 bits per heavy atom. The Bertz CT molecular complexity index is 2580. The molecule has 0 spiro atoms. The van der Waals surface area contributed by atoms with Crippen LogP contribution in [0.4, 0.5) is 5.69 Å². The molecule has 1 atom stereocenters. The Labute approximate surface area is 363 Å². The zero-order valence-corrected chi connectivity index (χ0v) is 36.5. The molecule has 310 valence electrons. The molecule has 1 aliphatic carbocycles. The van der Waals surface area contributed by atoms with Crippen LogP contribution in [0.3, 0.4) is 0 Å². The number of aromatic amines is 1. The van der Waals surface area contributed by atoms with E-state index in [1.165, 1.54) is 22.5 Å². The van der Waals surface area contributed by atoms with E-state index in [9.17, 15) is 4.79 Å². The number of hydrogen-bond acceptors (Lipinski definition) is 10. The van der Waals surface area contributed by atoms with Crippen LogP contribution in [0.5, 0.6) is 6.01 Å². The third kappa shape index (κ3) is 7.58. The Morgan fingerprint density at radius 2 is 1.62 bits per heavy atom. The van der Waals surface area contributed by atoms with E-state index in [2.05, 4.69) is 72.6 Å². The number of amides is 1. The average Bonchev–Trinajstić information content (AvgIpc) is 3.88. The number of thiophene rings is 1. The van der Waals surface area contributed by atoms with Crippen LogP contribution in [-0.2, 0) is 4.79 Å². The minimum absolute atomic E-state index is 0.103. The number of nitrogens with one attached hydrogen (secondary N) is 1. The number of imidazole rings is 1. The van der Waals surface area contributed by atoms with Gasteiger partial charge in [0.1, 0.15) is 23.0 Å². The summed E-state index contributed by atoms with van der Waals surface area (Å²) in [5.41, 5.74) is 8.38. The van der Waals surface area contributed by atoms with Gasteiger partial charge in [0.15, 0.2) is 11.5 Å². The fourth-order valence-electron chi connectivity index (χ4n) is 8.98. The Hall–Kier alpha value is -4.82. The summed E-state index contributed by atoms with van der Waals surface area (Å²) in [6.07, 6.45) is 6.08. The van der Waals surface area contributed by atoms with Gasteiger partial charge in [0.05, 0.1) is 28.4 Å². The van der Waals surface area contributed by atoms with Gasteiger partial charge >= 0.3 is 0 Å². The van der Waals surface area contributed by atoms with Crippen molar-refractivity contribution in [2.75, 3.05) is 50.7 Å². The van der Waals surface area contributed by atoms with Gasteiger partial charge in [-0.3, -0.25) is 19.3 Å². The van der Waals surface area contributed by atoms with E-state index in [0.29, 0.717) is 46.5 Å². The second kappa shape index (κ2) is 16.2. The summed E-state index contributed by atoms with van der Waals surface area (Å²) in [6.45, 7) is 12.5. The van der Waals surface area contributed by atoms with Crippen LogP contribution >= 0.6 is 34.5 Å². The van der Waals surface area contributed by atoms with E-state index in [4.69, 9.17) is 37.9 Å². The summed E-state index contributed by atoms with van der Waals surface area (Å²) < 4.78 is 8.06. The summed E-state index contributed by atoms with van der Waals surface area (Å²) >= 11 is 14.7. The molecule has 4 aromatic heterocycles. The van der Waals surface area contributed by atoms with E-state index in [-0.39, 0.29) is 18.4 Å². The molecule has 2 aromatic carbocycles. The largest absolute Gasteiger partial charge is 0.461 e. The van der Waals surface area contributed by atoms with Crippen molar-refractivity contribution in [1.29, 1.82) is 0 Å². The molecule has 1 saturated carbocycles. The maximum atomic E-state index is 14.0. The van der Waals surface area contributed by atoms with Crippen molar-refractivity contribution < 1.29 is 9.53 Å². The topological polar surface area (TPSA) is 121 Å². The zero-order chi connectivity index (χ0) is 41.1. The SMILES string of the molecule is Cc1sc2c(c1C)C(c1ccc(Cl)cc1)=N[C@@H](CC(=O)N1CCN(CC3CCN(c4ccc(-c5nc6nc(OC7CCC7)[nH]c6cc5Cl)cc4)CC3)CC1)c1nnc(C)n1-2. The second-order valence-electron chi connectivity index (χ2n) is 16.7. The molecule has 0 unspecified atom stereocenters. The molecule has 4 aliphatic rings. The summed E-state index contributed by atoms with van der Waals surface area (Å²) in [5.74, 6) is 2.23. The van der Waals surface area contributed by atoms with Crippen molar-refractivity contribution in [3.05, 3.63) is 97.9 Å². The molecular formula is C45H48Cl2N10O2S. The Morgan fingerprint density at radius 3 is 2.33 bits per heavy atom. The summed E-state index contributed by atoms with van der Waals surface area (Å²) in [5, 5.41) is 11.4. The number of anilines is 1. The van der Waals surface area contributed by atoms with E-state index < -0.39 is 6.04 Å². The number of rotatable bonds is 9. The van der Waals surface area contributed by atoms with Crippen LogP contribution in [-0.4, -0.2) is 103 Å². The zero-order valence-electron chi connectivity index (χ0n) is 34.1. The van der Waals surface area contributed by atoms with Crippen molar-refractivity contribution in [3.8, 4) is 22.3 Å². The molecule has 60 heavy (non-hydrogen) atoms. The van der Waals surface area contributed by atoms with Gasteiger partial charge in [-0.25, -0.2) is 4.98 Å². The minimum atomic E-state index is -0.464. The number of piperidine rings is 1. The Balaban J connectivity index is 0.743. The molecule has 7 heterocycles. The monoisotopic (exact) mass is 862 g/mol. The first-order chi connectivity index (χ1) is 29.1. The predicted molar refractivity (Wildman–Crippen MR) is 238 cm³/mol. The van der Waals surface area contributed by atoms with Gasteiger partial charge in [-0.1, -0.05) is 47.5 Å². The summed E-state index contributed by atoms with van der Waals surface area (Å²) in [7, 11) is 0. The van der Waals surface area contributed by atoms with Crippen LogP contribution in [0.25, 0.3) is 27.4 Å². The van der Waals surface area contributed by atoms with Crippen molar-refractivity contribution in [2.45, 2.75) is 71.4 Å². The third-order valence-electron chi connectivity index (χ3n) is 12.8. The number of fused-ring (bicyclic) bond motifs is 4. The van der Waals surface area contributed by atoms with Crippen molar-refractivity contribution in [1.82, 2.24) is 39.5 Å². The number of aromatic nitrogens is 6. The van der Waals surface area contributed by atoms with Gasteiger partial charge < -0.3 is 19.5 Å². The average molecular weight is 864 g/mol. The first kappa shape index (κ1) is 39.3. The van der Waals surface area contributed by atoms with Gasteiger partial charge in [0.2, 0.25) is 5.91 Å². The van der Waals surface area contributed by atoms with Crippen LogP contribution in [0.15, 0.2) is 59.6 Å². The molecule has 2 saturated heterocycles. The number of benzene rings is 2. The van der Waals surface area contributed by atoms with Gasteiger partial charge in [0.25, 0.3) is 6.01 Å². The normalized spacial score (nSPS) is 18.9. The van der Waals surface area contributed by atoms with Gasteiger partial charge in [-0.15, -0.1) is 21.5 Å². The molecule has 0 bridgehead atoms. The third-order valence-corrected chi connectivity index (χ3v) is 14.6. The first-order valence-electron chi connectivity index (χ1n) is 21.1. The highest BCUT2D eigenvalue weighted by Crippen LogP contribution is 2.40. The number of ether oxygens (including phenoxy) is 1. The smallest absolute Gasteiger partial charge is 0.296 e. The van der Waals surface area contributed by atoms with Crippen LogP contribution in [0, 0.1) is 26.7 Å². The molecule has 3 aliphatic heterocycles. The highest BCUT2D eigenvalue weighted by molar-refractivity contribution is 7.15. The molecule has 1 N–H and O–H groups in total. The lowest BCUT2D eigenvalue weighted by molar-refractivity contribution is -0.133. The number of nitrogens with zero attached hydrogens (tertiary/aromatic N) is 9. The fraction of sp³-hybridized carbons (Fsp3) is 0.422. The summed E-state index contributed by atoms with van der Waals surface area (Å²) in [4.78, 5) is 40.2. The number of halogens is 2. The molecule has 6 aromatic rings. The van der Waals surface area contributed by atoms with Gasteiger partial charge in [0, 0.05) is 78.1 Å². The molecule has 10 rings (SSSR count). The maximum absolute atomic E-state index is 14.0. The lowest BCUT2D eigenvalue weighted by atomic mass is 9.95. The fourth-order valence-corrected chi connectivity index (χ4v) is 10.6. The highest BCUT2D eigenvalue weighted by Gasteiger charge is 2.34. The highest BCUT2D eigenvalue weighted by atomic mass is 35.5. The number of pyridine rings is 1. The van der Waals surface area contributed by atoms with Crippen LogP contribution in [0.1, 0.15) is 77.8 Å². The predicted octanol–water partition coefficient (Wildman–Crippen LogP) is 8.77. The van der Waals surface area contributed by atoms with E-state index in [1.54, 1.807) is 11.3 Å². The minimum Gasteiger partial charge on any atom is -0.461 e. The van der Waals surface area contributed by atoms with Crippen LogP contribution < -0.4 is 9.64 Å². The summed E-state index contributed by atoms with van der Waals surface area (Å²) in [6, 6.07) is 18.3.